The Kier molecular flexibility index (Phi) is 6.75. The molecule has 0 aliphatic carbocycles. The quantitative estimate of drug-likeness (QED) is 0.390. The molecule has 1 unspecified atom stereocenters. The molecule has 1 aliphatic heterocycles. The molecule has 1 atom stereocenters. The maximum absolute atomic E-state index is 12.9. The number of aromatic nitrogens is 1. The number of carbonyl (C=O) groups is 1. The Morgan fingerprint density at radius 2 is 1.88 bits per heavy atom. The Morgan fingerprint density at radius 1 is 1.18 bits per heavy atom. The van der Waals surface area contributed by atoms with Crippen LogP contribution in [-0.4, -0.2) is 41.6 Å². The standard InChI is InChI=1S/C21H19ClN4O5S2/c22-16-5-9-18(10-6-16)33(30,31)25-11-1-2-15(12-25)20(27)24-21-23-19(13-32-21)14-3-7-17(8-4-14)26(28)29/h3-10,13,15H,1-2,11-12H2,(H,23,24,27). The molecule has 12 heteroatoms. The highest BCUT2D eigenvalue weighted by molar-refractivity contribution is 7.89. The van der Waals surface area contributed by atoms with Crippen LogP contribution in [0, 0.1) is 16.0 Å². The summed E-state index contributed by atoms with van der Waals surface area (Å²) in [5.74, 6) is -0.803. The van der Waals surface area contributed by atoms with Gasteiger partial charge < -0.3 is 5.32 Å². The van der Waals surface area contributed by atoms with Gasteiger partial charge in [0.25, 0.3) is 5.69 Å². The number of nitro groups is 1. The lowest BCUT2D eigenvalue weighted by atomic mass is 9.99. The van der Waals surface area contributed by atoms with Crippen LogP contribution in [0.1, 0.15) is 12.8 Å². The van der Waals surface area contributed by atoms with E-state index in [4.69, 9.17) is 11.6 Å². The average molecular weight is 507 g/mol. The molecule has 1 fully saturated rings. The van der Waals surface area contributed by atoms with Crippen LogP contribution in [0.5, 0.6) is 0 Å². The first-order valence-corrected chi connectivity index (χ1v) is 12.7. The van der Waals surface area contributed by atoms with Crippen molar-refractivity contribution >= 4 is 49.7 Å². The minimum atomic E-state index is -3.73. The van der Waals surface area contributed by atoms with Crippen LogP contribution in [0.15, 0.2) is 58.8 Å². The van der Waals surface area contributed by atoms with E-state index in [0.29, 0.717) is 40.8 Å². The highest BCUT2D eigenvalue weighted by Gasteiger charge is 2.33. The number of non-ortho nitro benzene ring substituents is 1. The topological polar surface area (TPSA) is 123 Å². The summed E-state index contributed by atoms with van der Waals surface area (Å²) in [6.07, 6.45) is 1.13. The largest absolute Gasteiger partial charge is 0.302 e. The van der Waals surface area contributed by atoms with Crippen molar-refractivity contribution in [3.8, 4) is 11.3 Å². The molecule has 0 saturated carbocycles. The third-order valence-electron chi connectivity index (χ3n) is 5.31. The number of piperidine rings is 1. The van der Waals surface area contributed by atoms with Crippen molar-refractivity contribution in [2.45, 2.75) is 17.7 Å². The number of anilines is 1. The zero-order chi connectivity index (χ0) is 23.6. The third kappa shape index (κ3) is 5.22. The third-order valence-corrected chi connectivity index (χ3v) is 8.20. The van der Waals surface area contributed by atoms with Crippen molar-refractivity contribution in [2.75, 3.05) is 18.4 Å². The number of carbonyl (C=O) groups excluding carboxylic acids is 1. The number of halogens is 1. The number of hydrogen-bond acceptors (Lipinski definition) is 7. The van der Waals surface area contributed by atoms with Crippen molar-refractivity contribution in [1.29, 1.82) is 0 Å². The average Bonchev–Trinajstić information content (AvgIpc) is 3.28. The van der Waals surface area contributed by atoms with Crippen LogP contribution in [0.2, 0.25) is 5.02 Å². The maximum atomic E-state index is 12.9. The van der Waals surface area contributed by atoms with Crippen molar-refractivity contribution < 1.29 is 18.1 Å². The monoisotopic (exact) mass is 506 g/mol. The van der Waals surface area contributed by atoms with Crippen LogP contribution in [0.4, 0.5) is 10.8 Å². The SMILES string of the molecule is O=C(Nc1nc(-c2ccc([N+](=O)[O-])cc2)cs1)C1CCCN(S(=O)(=O)c2ccc(Cl)cc2)C1. The van der Waals surface area contributed by atoms with E-state index in [9.17, 15) is 23.3 Å². The molecule has 1 amide bonds. The number of nitrogens with zero attached hydrogens (tertiary/aromatic N) is 3. The predicted octanol–water partition coefficient (Wildman–Crippen LogP) is 4.41. The molecule has 1 aromatic heterocycles. The van der Waals surface area contributed by atoms with Gasteiger partial charge in [-0.3, -0.25) is 14.9 Å². The molecule has 2 heterocycles. The molecule has 9 nitrogen and oxygen atoms in total. The van der Waals surface area contributed by atoms with E-state index in [1.165, 1.54) is 52.0 Å². The van der Waals surface area contributed by atoms with Gasteiger partial charge in [0, 0.05) is 41.2 Å². The summed E-state index contributed by atoms with van der Waals surface area (Å²) in [5.41, 5.74) is 1.26. The predicted molar refractivity (Wildman–Crippen MR) is 126 cm³/mol. The van der Waals surface area contributed by atoms with Gasteiger partial charge in [0.2, 0.25) is 15.9 Å². The number of thiazole rings is 1. The van der Waals surface area contributed by atoms with Crippen LogP contribution < -0.4 is 5.32 Å². The van der Waals surface area contributed by atoms with E-state index in [2.05, 4.69) is 10.3 Å². The molecule has 3 aromatic rings. The highest BCUT2D eigenvalue weighted by Crippen LogP contribution is 2.29. The zero-order valence-electron chi connectivity index (χ0n) is 17.2. The first-order valence-electron chi connectivity index (χ1n) is 10.0. The van der Waals surface area contributed by atoms with Gasteiger partial charge in [-0.2, -0.15) is 4.31 Å². The lowest BCUT2D eigenvalue weighted by molar-refractivity contribution is -0.384. The molecule has 2 aromatic carbocycles. The van der Waals surface area contributed by atoms with Crippen LogP contribution >= 0.6 is 22.9 Å². The van der Waals surface area contributed by atoms with Gasteiger partial charge in [0.1, 0.15) is 0 Å². The van der Waals surface area contributed by atoms with Crippen LogP contribution in [0.3, 0.4) is 0 Å². The second-order valence-corrected chi connectivity index (χ2v) is 10.7. The molecular weight excluding hydrogens is 488 g/mol. The summed E-state index contributed by atoms with van der Waals surface area (Å²) < 4.78 is 27.2. The number of amides is 1. The first-order chi connectivity index (χ1) is 15.7. The highest BCUT2D eigenvalue weighted by atomic mass is 35.5. The van der Waals surface area contributed by atoms with Gasteiger partial charge in [-0.05, 0) is 49.2 Å². The molecule has 4 rings (SSSR count). The summed E-state index contributed by atoms with van der Waals surface area (Å²) in [5, 5.41) is 16.1. The van der Waals surface area contributed by atoms with Crippen molar-refractivity contribution in [2.24, 2.45) is 5.92 Å². The zero-order valence-corrected chi connectivity index (χ0v) is 19.6. The number of rotatable bonds is 6. The minimum absolute atomic E-state index is 0.0158. The Labute approximate surface area is 199 Å². The lowest BCUT2D eigenvalue weighted by Crippen LogP contribution is -2.43. The Morgan fingerprint density at radius 3 is 2.55 bits per heavy atom. The molecule has 0 bridgehead atoms. The molecule has 1 N–H and O–H groups in total. The van der Waals surface area contributed by atoms with E-state index in [1.807, 2.05) is 0 Å². The van der Waals surface area contributed by atoms with Crippen molar-refractivity contribution in [1.82, 2.24) is 9.29 Å². The van der Waals surface area contributed by atoms with E-state index in [-0.39, 0.29) is 23.0 Å². The number of sulfonamides is 1. The van der Waals surface area contributed by atoms with E-state index < -0.39 is 20.9 Å². The Hall–Kier alpha value is -2.86. The van der Waals surface area contributed by atoms with Gasteiger partial charge in [-0.1, -0.05) is 11.6 Å². The van der Waals surface area contributed by atoms with E-state index in [0.717, 1.165) is 0 Å². The summed E-state index contributed by atoms with van der Waals surface area (Å²) in [7, 11) is -3.73. The van der Waals surface area contributed by atoms with Gasteiger partial charge in [-0.25, -0.2) is 13.4 Å². The molecule has 1 saturated heterocycles. The first kappa shape index (κ1) is 23.3. The molecule has 0 radical (unpaired) electrons. The van der Waals surface area contributed by atoms with Crippen molar-refractivity contribution in [3.05, 3.63) is 69.0 Å². The number of hydrogen-bond donors (Lipinski definition) is 1. The fourth-order valence-electron chi connectivity index (χ4n) is 3.56. The minimum Gasteiger partial charge on any atom is -0.302 e. The molecular formula is C21H19ClN4O5S2. The van der Waals surface area contributed by atoms with Gasteiger partial charge in [0.05, 0.1) is 21.4 Å². The normalized spacial score (nSPS) is 16.9. The fourth-order valence-corrected chi connectivity index (χ4v) is 5.93. The lowest BCUT2D eigenvalue weighted by Gasteiger charge is -2.31. The fraction of sp³-hybridized carbons (Fsp3) is 0.238. The maximum Gasteiger partial charge on any atom is 0.269 e. The second-order valence-electron chi connectivity index (χ2n) is 7.49. The second kappa shape index (κ2) is 9.56. The van der Waals surface area contributed by atoms with Gasteiger partial charge >= 0.3 is 0 Å². The summed E-state index contributed by atoms with van der Waals surface area (Å²) >= 11 is 7.09. The van der Waals surface area contributed by atoms with Gasteiger partial charge in [-0.15, -0.1) is 11.3 Å². The van der Waals surface area contributed by atoms with E-state index in [1.54, 1.807) is 17.5 Å². The van der Waals surface area contributed by atoms with Crippen LogP contribution in [0.25, 0.3) is 11.3 Å². The number of benzene rings is 2. The number of nitro benzene ring substituents is 1. The Balaban J connectivity index is 1.42. The van der Waals surface area contributed by atoms with Crippen molar-refractivity contribution in [3.63, 3.8) is 0 Å². The molecule has 0 spiro atoms. The van der Waals surface area contributed by atoms with E-state index >= 15 is 0 Å². The summed E-state index contributed by atoms with van der Waals surface area (Å²) in [6.45, 7) is 0.424. The number of nitrogens with one attached hydrogen (secondary N) is 1. The molecule has 172 valence electrons. The smallest absolute Gasteiger partial charge is 0.269 e. The molecule has 33 heavy (non-hydrogen) atoms. The summed E-state index contributed by atoms with van der Waals surface area (Å²) in [4.78, 5) is 27.7. The molecule has 1 aliphatic rings. The van der Waals surface area contributed by atoms with Gasteiger partial charge in [0.15, 0.2) is 5.13 Å². The summed E-state index contributed by atoms with van der Waals surface area (Å²) in [6, 6.07) is 11.9. The Bertz CT molecular complexity index is 1280. The van der Waals surface area contributed by atoms with Crippen LogP contribution in [-0.2, 0) is 14.8 Å².